The predicted octanol–water partition coefficient (Wildman–Crippen LogP) is 16.0. The summed E-state index contributed by atoms with van der Waals surface area (Å²) in [5.41, 5.74) is 14.4. The van der Waals surface area contributed by atoms with Crippen molar-refractivity contribution in [2.24, 2.45) is 0 Å². The van der Waals surface area contributed by atoms with Gasteiger partial charge < -0.3 is 9.32 Å². The van der Waals surface area contributed by atoms with Crippen LogP contribution in [0, 0.1) is 0 Å². The molecule has 0 atom stereocenters. The van der Waals surface area contributed by atoms with Gasteiger partial charge in [0.15, 0.2) is 0 Å². The van der Waals surface area contributed by atoms with Crippen molar-refractivity contribution in [3.05, 3.63) is 224 Å². The lowest BCUT2D eigenvalue weighted by Gasteiger charge is -2.31. The van der Waals surface area contributed by atoms with E-state index in [1.54, 1.807) is 0 Å². The van der Waals surface area contributed by atoms with E-state index in [1.807, 2.05) is 12.1 Å². The van der Waals surface area contributed by atoms with Crippen molar-refractivity contribution in [1.82, 2.24) is 0 Å². The Balaban J connectivity index is 1.28. The molecule has 0 N–H and O–H groups in total. The number of rotatable bonds is 7. The highest BCUT2D eigenvalue weighted by Gasteiger charge is 2.25. The van der Waals surface area contributed by atoms with Gasteiger partial charge in [-0.2, -0.15) is 0 Å². The third-order valence-electron chi connectivity index (χ3n) is 11.4. The molecule has 0 saturated carbocycles. The van der Waals surface area contributed by atoms with Gasteiger partial charge in [-0.15, -0.1) is 0 Å². The summed E-state index contributed by atoms with van der Waals surface area (Å²) >= 11 is 0. The van der Waals surface area contributed by atoms with Crippen LogP contribution in [-0.2, 0) is 0 Å². The fourth-order valence-corrected chi connectivity index (χ4v) is 8.87. The second-order valence-corrected chi connectivity index (χ2v) is 14.8. The van der Waals surface area contributed by atoms with E-state index < -0.39 is 0 Å². The van der Waals surface area contributed by atoms with Crippen LogP contribution in [0.3, 0.4) is 0 Å². The Kier molecular flexibility index (Phi) is 8.19. The maximum absolute atomic E-state index is 6.38. The van der Waals surface area contributed by atoms with Crippen molar-refractivity contribution in [3.8, 4) is 44.5 Å². The maximum atomic E-state index is 6.38. The quantitative estimate of drug-likeness (QED) is 0.151. The zero-order chi connectivity index (χ0) is 38.4. The summed E-state index contributed by atoms with van der Waals surface area (Å²) in [5, 5.41) is 7.06. The first-order valence-electron chi connectivity index (χ1n) is 19.8. The number of para-hydroxylation sites is 2. The number of fused-ring (bicyclic) bond motifs is 6. The van der Waals surface area contributed by atoms with E-state index in [2.05, 4.69) is 217 Å². The van der Waals surface area contributed by atoms with Gasteiger partial charge in [-0.3, -0.25) is 0 Å². The Bertz CT molecular complexity index is 3200. The molecule has 0 fully saturated rings. The van der Waals surface area contributed by atoms with Crippen LogP contribution < -0.4 is 4.90 Å². The monoisotopic (exact) mass is 739 g/mol. The summed E-state index contributed by atoms with van der Waals surface area (Å²) in [6.07, 6.45) is 0. The fourth-order valence-electron chi connectivity index (χ4n) is 8.87. The van der Waals surface area contributed by atoms with Crippen molar-refractivity contribution in [2.75, 3.05) is 4.90 Å². The van der Waals surface area contributed by atoms with Crippen molar-refractivity contribution in [2.45, 2.75) is 0 Å². The van der Waals surface area contributed by atoms with E-state index in [0.29, 0.717) is 0 Å². The summed E-state index contributed by atoms with van der Waals surface area (Å²) in [6, 6.07) is 80.9. The van der Waals surface area contributed by atoms with Crippen LogP contribution in [0.5, 0.6) is 0 Å². The molecule has 0 aliphatic heterocycles. The highest BCUT2D eigenvalue weighted by Crippen LogP contribution is 2.50. The molecular formula is C56H37NO. The Hall–Kier alpha value is -7.68. The molecule has 2 nitrogen and oxygen atoms in total. The third-order valence-corrected chi connectivity index (χ3v) is 11.4. The lowest BCUT2D eigenvalue weighted by atomic mass is 9.84. The maximum Gasteiger partial charge on any atom is 0.135 e. The van der Waals surface area contributed by atoms with Gasteiger partial charge in [-0.25, -0.2) is 0 Å². The lowest BCUT2D eigenvalue weighted by Crippen LogP contribution is -2.13. The molecule has 58 heavy (non-hydrogen) atoms. The fraction of sp³-hybridized carbons (Fsp3) is 0. The van der Waals surface area contributed by atoms with E-state index in [1.165, 1.54) is 43.8 Å². The zero-order valence-electron chi connectivity index (χ0n) is 31.7. The van der Waals surface area contributed by atoms with Gasteiger partial charge in [0.25, 0.3) is 0 Å². The number of nitrogens with zero attached hydrogens (tertiary/aromatic N) is 1. The molecule has 1 heterocycles. The highest BCUT2D eigenvalue weighted by molar-refractivity contribution is 6.22. The second-order valence-electron chi connectivity index (χ2n) is 14.8. The molecule has 0 radical (unpaired) electrons. The van der Waals surface area contributed by atoms with Crippen LogP contribution in [-0.4, -0.2) is 0 Å². The zero-order valence-corrected chi connectivity index (χ0v) is 31.7. The van der Waals surface area contributed by atoms with Gasteiger partial charge in [0.1, 0.15) is 11.2 Å². The van der Waals surface area contributed by atoms with Crippen molar-refractivity contribution in [3.63, 3.8) is 0 Å². The minimum atomic E-state index is 0.869. The molecule has 1 aromatic heterocycles. The molecule has 10 aromatic carbocycles. The smallest absolute Gasteiger partial charge is 0.135 e. The van der Waals surface area contributed by atoms with E-state index in [-0.39, 0.29) is 0 Å². The van der Waals surface area contributed by atoms with Crippen LogP contribution >= 0.6 is 0 Å². The second kappa shape index (κ2) is 14.1. The van der Waals surface area contributed by atoms with Crippen LogP contribution in [0.4, 0.5) is 17.1 Å². The van der Waals surface area contributed by atoms with Crippen molar-refractivity contribution < 1.29 is 4.42 Å². The summed E-state index contributed by atoms with van der Waals surface area (Å²) < 4.78 is 6.38. The molecule has 11 aromatic rings. The molecule has 272 valence electrons. The molecule has 0 aliphatic carbocycles. The molecule has 0 unspecified atom stereocenters. The molecule has 0 bridgehead atoms. The lowest BCUT2D eigenvalue weighted by molar-refractivity contribution is 0.669. The van der Waals surface area contributed by atoms with Gasteiger partial charge in [0, 0.05) is 33.3 Å². The number of anilines is 3. The molecule has 0 aliphatic rings. The summed E-state index contributed by atoms with van der Waals surface area (Å²) in [7, 11) is 0. The summed E-state index contributed by atoms with van der Waals surface area (Å²) in [4.78, 5) is 2.47. The summed E-state index contributed by atoms with van der Waals surface area (Å²) in [5.74, 6) is 0. The van der Waals surface area contributed by atoms with Gasteiger partial charge in [-0.1, -0.05) is 188 Å². The molecule has 0 amide bonds. The number of furan rings is 1. The molecular weight excluding hydrogens is 703 g/mol. The van der Waals surface area contributed by atoms with Gasteiger partial charge in [-0.05, 0) is 91.3 Å². The van der Waals surface area contributed by atoms with Gasteiger partial charge in [0.05, 0.1) is 5.69 Å². The number of benzene rings is 10. The molecule has 11 rings (SSSR count). The minimum Gasteiger partial charge on any atom is -0.456 e. The number of hydrogen-bond donors (Lipinski definition) is 0. The topological polar surface area (TPSA) is 16.4 Å². The first-order chi connectivity index (χ1) is 28.8. The molecule has 2 heteroatoms. The Morgan fingerprint density at radius 1 is 0.276 bits per heavy atom. The minimum absolute atomic E-state index is 0.869. The first kappa shape index (κ1) is 33.6. The van der Waals surface area contributed by atoms with Gasteiger partial charge in [0.2, 0.25) is 0 Å². The van der Waals surface area contributed by atoms with Crippen LogP contribution in [0.1, 0.15) is 0 Å². The Morgan fingerprint density at radius 3 is 1.31 bits per heavy atom. The Morgan fingerprint density at radius 2 is 0.707 bits per heavy atom. The third kappa shape index (κ3) is 5.66. The van der Waals surface area contributed by atoms with Crippen LogP contribution in [0.15, 0.2) is 229 Å². The van der Waals surface area contributed by atoms with Crippen LogP contribution in [0.2, 0.25) is 0 Å². The average Bonchev–Trinajstić information content (AvgIpc) is 3.68. The van der Waals surface area contributed by atoms with Gasteiger partial charge >= 0.3 is 0 Å². The van der Waals surface area contributed by atoms with Crippen LogP contribution in [0.25, 0.3) is 88.0 Å². The van der Waals surface area contributed by atoms with E-state index >= 15 is 0 Å². The first-order valence-corrected chi connectivity index (χ1v) is 19.8. The SMILES string of the molecule is c1ccc(-c2cccc(-c3ccccc3)c2N(c2ccc3c(c2)c(-c2ccccc2)c(-c2ccccc2)c2ccccc23)c2ccc3oc4ccccc4c3c2)cc1. The predicted molar refractivity (Wildman–Crippen MR) is 245 cm³/mol. The average molecular weight is 740 g/mol. The largest absolute Gasteiger partial charge is 0.456 e. The molecule has 0 spiro atoms. The summed E-state index contributed by atoms with van der Waals surface area (Å²) in [6.45, 7) is 0. The van der Waals surface area contributed by atoms with E-state index in [4.69, 9.17) is 4.42 Å². The van der Waals surface area contributed by atoms with E-state index in [9.17, 15) is 0 Å². The molecule has 0 saturated heterocycles. The Labute approximate surface area is 337 Å². The highest BCUT2D eigenvalue weighted by atomic mass is 16.3. The number of hydrogen-bond acceptors (Lipinski definition) is 2. The normalized spacial score (nSPS) is 11.4. The van der Waals surface area contributed by atoms with E-state index in [0.717, 1.165) is 61.3 Å². The van der Waals surface area contributed by atoms with Crippen molar-refractivity contribution in [1.29, 1.82) is 0 Å². The van der Waals surface area contributed by atoms with Crippen molar-refractivity contribution >= 4 is 60.5 Å². The standard InChI is InChI=1S/C56H37NO/c1-5-18-38(19-6-1)44-29-17-30-45(39-20-7-2-8-21-39)56(44)57(43-33-35-53-50(36-43)48-27-15-16-31-52(48)58-53)42-32-34-47-46-26-13-14-28-49(46)54(40-22-9-3-10-23-40)55(51(47)37-42)41-24-11-4-12-25-41/h1-37H.